The fourth-order valence-corrected chi connectivity index (χ4v) is 4.52. The van der Waals surface area contributed by atoms with Gasteiger partial charge in [-0.1, -0.05) is 0 Å². The van der Waals surface area contributed by atoms with Gasteiger partial charge < -0.3 is 19.2 Å². The molecule has 8 heteroatoms. The molecular weight excluding hydrogens is 384 g/mol. The standard InChI is InChI=1S/C22H30N4O4/c1-2-26-19-4-3-17(15-18(19)23-20(27)22(26)29)21(28)25-9-6-16(7-10-25)5-8-24-11-13-30-14-12-24/h3-4,15-16H,2,5-14H2,1H3,(H,23,27). The van der Waals surface area contributed by atoms with Crippen molar-refractivity contribution < 1.29 is 9.53 Å². The summed E-state index contributed by atoms with van der Waals surface area (Å²) in [5, 5.41) is 0. The number of amides is 1. The first kappa shape index (κ1) is 20.8. The zero-order valence-corrected chi connectivity index (χ0v) is 17.6. The molecule has 1 aromatic heterocycles. The second-order valence-corrected chi connectivity index (χ2v) is 8.21. The Kier molecular flexibility index (Phi) is 6.34. The van der Waals surface area contributed by atoms with Gasteiger partial charge in [0.05, 0.1) is 24.2 Å². The minimum Gasteiger partial charge on any atom is -0.379 e. The fourth-order valence-electron chi connectivity index (χ4n) is 4.52. The Morgan fingerprint density at radius 2 is 1.87 bits per heavy atom. The number of aromatic amines is 1. The van der Waals surface area contributed by atoms with E-state index in [1.807, 2.05) is 11.8 Å². The summed E-state index contributed by atoms with van der Waals surface area (Å²) in [6, 6.07) is 5.19. The molecule has 30 heavy (non-hydrogen) atoms. The van der Waals surface area contributed by atoms with Gasteiger partial charge in [-0.05, 0) is 56.8 Å². The highest BCUT2D eigenvalue weighted by molar-refractivity contribution is 5.97. The number of aryl methyl sites for hydroxylation is 1. The minimum absolute atomic E-state index is 0.0152. The van der Waals surface area contributed by atoms with E-state index in [4.69, 9.17) is 4.74 Å². The Morgan fingerprint density at radius 1 is 1.13 bits per heavy atom. The summed E-state index contributed by atoms with van der Waals surface area (Å²) in [5.74, 6) is 0.641. The van der Waals surface area contributed by atoms with Crippen molar-refractivity contribution in [3.63, 3.8) is 0 Å². The van der Waals surface area contributed by atoms with Crippen molar-refractivity contribution in [3.8, 4) is 0 Å². The predicted octanol–water partition coefficient (Wildman–Crippen LogP) is 1.28. The summed E-state index contributed by atoms with van der Waals surface area (Å²) in [7, 11) is 0. The fraction of sp³-hybridized carbons (Fsp3) is 0.591. The lowest BCUT2D eigenvalue weighted by atomic mass is 9.93. The zero-order valence-electron chi connectivity index (χ0n) is 17.6. The number of H-pyrrole nitrogens is 1. The molecule has 0 saturated carbocycles. The number of morpholine rings is 1. The van der Waals surface area contributed by atoms with Crippen molar-refractivity contribution in [2.45, 2.75) is 32.7 Å². The third-order valence-electron chi connectivity index (χ3n) is 6.40. The number of rotatable bonds is 5. The van der Waals surface area contributed by atoms with E-state index < -0.39 is 11.1 Å². The molecule has 3 heterocycles. The van der Waals surface area contributed by atoms with Gasteiger partial charge in [0.25, 0.3) is 5.91 Å². The lowest BCUT2D eigenvalue weighted by molar-refractivity contribution is 0.0332. The average Bonchev–Trinajstić information content (AvgIpc) is 2.79. The van der Waals surface area contributed by atoms with Crippen LogP contribution in [0.3, 0.4) is 0 Å². The molecule has 2 saturated heterocycles. The quantitative estimate of drug-likeness (QED) is 0.745. The molecule has 0 unspecified atom stereocenters. The molecule has 8 nitrogen and oxygen atoms in total. The predicted molar refractivity (Wildman–Crippen MR) is 115 cm³/mol. The molecule has 4 rings (SSSR count). The van der Waals surface area contributed by atoms with Crippen LogP contribution in [0.2, 0.25) is 0 Å². The number of piperidine rings is 1. The van der Waals surface area contributed by atoms with Crippen molar-refractivity contribution in [2.75, 3.05) is 45.9 Å². The maximum Gasteiger partial charge on any atom is 0.316 e. The van der Waals surface area contributed by atoms with Crippen molar-refractivity contribution >= 4 is 16.9 Å². The normalized spacial score (nSPS) is 18.8. The number of fused-ring (bicyclic) bond motifs is 1. The summed E-state index contributed by atoms with van der Waals surface area (Å²) < 4.78 is 6.84. The van der Waals surface area contributed by atoms with Gasteiger partial charge in [-0.3, -0.25) is 19.3 Å². The molecule has 0 radical (unpaired) electrons. The molecule has 0 spiro atoms. The summed E-state index contributed by atoms with van der Waals surface area (Å²) in [4.78, 5) is 43.9. The van der Waals surface area contributed by atoms with Gasteiger partial charge in [-0.15, -0.1) is 0 Å². The monoisotopic (exact) mass is 414 g/mol. The summed E-state index contributed by atoms with van der Waals surface area (Å²) in [6.07, 6.45) is 3.22. The van der Waals surface area contributed by atoms with Crippen LogP contribution in [0, 0.1) is 5.92 Å². The molecule has 162 valence electrons. The number of carbonyl (C=O) groups excluding carboxylic acids is 1. The molecule has 2 aromatic rings. The SMILES string of the molecule is CCn1c(=O)c(=O)[nH]c2cc(C(=O)N3CCC(CCN4CCOCC4)CC3)ccc21. The van der Waals surface area contributed by atoms with Crippen LogP contribution in [0.15, 0.2) is 27.8 Å². The summed E-state index contributed by atoms with van der Waals surface area (Å²) in [6.45, 7) is 8.56. The lowest BCUT2D eigenvalue weighted by Crippen LogP contribution is -2.41. The topological polar surface area (TPSA) is 87.6 Å². The molecule has 2 fully saturated rings. The largest absolute Gasteiger partial charge is 0.379 e. The molecule has 2 aliphatic rings. The highest BCUT2D eigenvalue weighted by Crippen LogP contribution is 2.23. The number of nitrogens with zero attached hydrogens (tertiary/aromatic N) is 3. The number of carbonyl (C=O) groups is 1. The van der Waals surface area contributed by atoms with Crippen LogP contribution in [0.1, 0.15) is 36.5 Å². The van der Waals surface area contributed by atoms with E-state index in [0.29, 0.717) is 29.1 Å². The van der Waals surface area contributed by atoms with Gasteiger partial charge in [0.1, 0.15) is 0 Å². The molecule has 1 aromatic carbocycles. The summed E-state index contributed by atoms with van der Waals surface area (Å²) in [5.41, 5.74) is 0.484. The Morgan fingerprint density at radius 3 is 2.57 bits per heavy atom. The molecule has 0 aliphatic carbocycles. The van der Waals surface area contributed by atoms with Crippen LogP contribution >= 0.6 is 0 Å². The highest BCUT2D eigenvalue weighted by atomic mass is 16.5. The van der Waals surface area contributed by atoms with E-state index in [-0.39, 0.29) is 5.91 Å². The second kappa shape index (κ2) is 9.14. The summed E-state index contributed by atoms with van der Waals surface area (Å²) >= 11 is 0. The smallest absolute Gasteiger partial charge is 0.316 e. The van der Waals surface area contributed by atoms with E-state index in [9.17, 15) is 14.4 Å². The molecule has 1 N–H and O–H groups in total. The van der Waals surface area contributed by atoms with Crippen LogP contribution in [0.5, 0.6) is 0 Å². The van der Waals surface area contributed by atoms with Crippen molar-refractivity contribution in [1.82, 2.24) is 19.4 Å². The number of hydrogen-bond donors (Lipinski definition) is 1. The van der Waals surface area contributed by atoms with Gasteiger partial charge in [-0.2, -0.15) is 0 Å². The Hall–Kier alpha value is -2.45. The minimum atomic E-state index is -0.657. The Labute approximate surface area is 175 Å². The lowest BCUT2D eigenvalue weighted by Gasteiger charge is -2.34. The average molecular weight is 415 g/mol. The Balaban J connectivity index is 1.39. The zero-order chi connectivity index (χ0) is 21.1. The van der Waals surface area contributed by atoms with E-state index in [2.05, 4.69) is 9.88 Å². The van der Waals surface area contributed by atoms with Crippen LogP contribution in [0.4, 0.5) is 0 Å². The molecule has 1 amide bonds. The second-order valence-electron chi connectivity index (χ2n) is 8.21. The Bertz CT molecular complexity index is 1010. The van der Waals surface area contributed by atoms with Crippen molar-refractivity contribution in [3.05, 3.63) is 44.5 Å². The van der Waals surface area contributed by atoms with E-state index in [1.54, 1.807) is 18.2 Å². The first-order valence-electron chi connectivity index (χ1n) is 10.9. The number of ether oxygens (including phenoxy) is 1. The van der Waals surface area contributed by atoms with Crippen LogP contribution in [0.25, 0.3) is 11.0 Å². The number of benzene rings is 1. The molecule has 0 atom stereocenters. The van der Waals surface area contributed by atoms with Crippen LogP contribution < -0.4 is 11.1 Å². The van der Waals surface area contributed by atoms with Crippen molar-refractivity contribution in [1.29, 1.82) is 0 Å². The van der Waals surface area contributed by atoms with E-state index in [1.165, 1.54) is 11.0 Å². The molecule has 0 bridgehead atoms. The van der Waals surface area contributed by atoms with E-state index in [0.717, 1.165) is 58.8 Å². The van der Waals surface area contributed by atoms with Gasteiger partial charge >= 0.3 is 11.1 Å². The number of likely N-dealkylation sites (tertiary alicyclic amines) is 1. The number of hydrogen-bond acceptors (Lipinski definition) is 5. The first-order valence-corrected chi connectivity index (χ1v) is 10.9. The van der Waals surface area contributed by atoms with Crippen LogP contribution in [-0.2, 0) is 11.3 Å². The van der Waals surface area contributed by atoms with Crippen LogP contribution in [-0.4, -0.2) is 71.2 Å². The van der Waals surface area contributed by atoms with Gasteiger partial charge in [0.2, 0.25) is 0 Å². The maximum absolute atomic E-state index is 13.0. The van der Waals surface area contributed by atoms with Gasteiger partial charge in [0.15, 0.2) is 0 Å². The molecule has 2 aliphatic heterocycles. The number of aromatic nitrogens is 2. The van der Waals surface area contributed by atoms with Crippen molar-refractivity contribution in [2.24, 2.45) is 5.92 Å². The van der Waals surface area contributed by atoms with Gasteiger partial charge in [-0.25, -0.2) is 0 Å². The maximum atomic E-state index is 13.0. The third-order valence-corrected chi connectivity index (χ3v) is 6.40. The number of nitrogens with one attached hydrogen (secondary N) is 1. The van der Waals surface area contributed by atoms with Gasteiger partial charge in [0, 0.05) is 38.3 Å². The third kappa shape index (κ3) is 4.34. The highest BCUT2D eigenvalue weighted by Gasteiger charge is 2.24. The van der Waals surface area contributed by atoms with E-state index >= 15 is 0 Å². The molecular formula is C22H30N4O4. The first-order chi connectivity index (χ1) is 14.6.